The molecule has 0 aliphatic carbocycles. The molecule has 40 heavy (non-hydrogen) atoms. The molecule has 15 heteroatoms. The summed E-state index contributed by atoms with van der Waals surface area (Å²) in [5.41, 5.74) is 1.06. The van der Waals surface area contributed by atoms with Crippen LogP contribution in [-0.2, 0) is 19.1 Å². The van der Waals surface area contributed by atoms with Gasteiger partial charge in [-0.05, 0) is 32.5 Å². The van der Waals surface area contributed by atoms with Gasteiger partial charge in [-0.3, -0.25) is 9.69 Å². The first-order valence-corrected chi connectivity index (χ1v) is 12.4. The van der Waals surface area contributed by atoms with E-state index in [-0.39, 0.29) is 5.41 Å². The van der Waals surface area contributed by atoms with Crippen molar-refractivity contribution in [3.8, 4) is 0 Å². The first-order chi connectivity index (χ1) is 18.5. The molecule has 3 saturated heterocycles. The van der Waals surface area contributed by atoms with Gasteiger partial charge in [0.15, 0.2) is 0 Å². The lowest BCUT2D eigenvalue weighted by molar-refractivity contribution is -0.193. The maximum atomic E-state index is 13.5. The van der Waals surface area contributed by atoms with Crippen LogP contribution in [-0.4, -0.2) is 121 Å². The predicted molar refractivity (Wildman–Crippen MR) is 130 cm³/mol. The van der Waals surface area contributed by atoms with Crippen molar-refractivity contribution in [2.24, 2.45) is 5.41 Å². The van der Waals surface area contributed by atoms with E-state index in [0.717, 1.165) is 58.8 Å². The third kappa shape index (κ3) is 8.80. The summed E-state index contributed by atoms with van der Waals surface area (Å²) in [6, 6.07) is 11.2. The topological polar surface area (TPSA) is 111 Å². The molecule has 2 N–H and O–H groups in total. The number of aliphatic carboxylic acids is 2. The van der Waals surface area contributed by atoms with Crippen LogP contribution in [0.3, 0.4) is 0 Å². The van der Waals surface area contributed by atoms with E-state index in [9.17, 15) is 31.1 Å². The summed E-state index contributed by atoms with van der Waals surface area (Å²) in [7, 11) is 4.14. The summed E-state index contributed by atoms with van der Waals surface area (Å²) < 4.78 is 69.1. The molecule has 3 fully saturated rings. The van der Waals surface area contributed by atoms with E-state index in [1.165, 1.54) is 5.56 Å². The molecule has 9 nitrogen and oxygen atoms in total. The molecule has 226 valence electrons. The average molecular weight is 586 g/mol. The average Bonchev–Trinajstić information content (AvgIpc) is 3.59. The zero-order valence-electron chi connectivity index (χ0n) is 22.0. The van der Waals surface area contributed by atoms with Gasteiger partial charge >= 0.3 is 24.3 Å². The van der Waals surface area contributed by atoms with E-state index in [4.69, 9.17) is 24.5 Å². The summed E-state index contributed by atoms with van der Waals surface area (Å²) in [6.07, 6.45) is -8.10. The molecule has 3 atom stereocenters. The number of rotatable bonds is 5. The quantitative estimate of drug-likeness (QED) is 0.508. The van der Waals surface area contributed by atoms with Gasteiger partial charge in [0.05, 0.1) is 12.0 Å². The lowest BCUT2D eigenvalue weighted by atomic mass is 9.73. The first kappa shape index (κ1) is 33.3. The molecule has 1 amide bonds. The molecule has 4 rings (SSSR count). The smallest absolute Gasteiger partial charge is 0.475 e. The Labute approximate surface area is 227 Å². The van der Waals surface area contributed by atoms with Gasteiger partial charge in [0.25, 0.3) is 0 Å². The molecule has 1 unspecified atom stereocenters. The molecule has 0 bridgehead atoms. The Morgan fingerprint density at radius 1 is 1.05 bits per heavy atom. The molecule has 1 aromatic rings. The maximum absolute atomic E-state index is 13.5. The first-order valence-electron chi connectivity index (χ1n) is 12.4. The van der Waals surface area contributed by atoms with Crippen molar-refractivity contribution in [1.82, 2.24) is 14.7 Å². The fourth-order valence-electron chi connectivity index (χ4n) is 5.01. The minimum Gasteiger partial charge on any atom is -0.475 e. The minimum atomic E-state index is -5.08. The van der Waals surface area contributed by atoms with Crippen molar-refractivity contribution < 1.29 is 55.7 Å². The highest BCUT2D eigenvalue weighted by Crippen LogP contribution is 2.50. The highest BCUT2D eigenvalue weighted by molar-refractivity contribution is 5.87. The Kier molecular flexibility index (Phi) is 11.3. The van der Waals surface area contributed by atoms with Crippen LogP contribution in [0.15, 0.2) is 30.3 Å². The van der Waals surface area contributed by atoms with Gasteiger partial charge in [0.2, 0.25) is 5.91 Å². The van der Waals surface area contributed by atoms with E-state index < -0.39 is 24.3 Å². The molecular formula is C25H33F6N3O6. The lowest BCUT2D eigenvalue weighted by Crippen LogP contribution is -2.42. The van der Waals surface area contributed by atoms with Crippen LogP contribution in [0.25, 0.3) is 0 Å². The summed E-state index contributed by atoms with van der Waals surface area (Å²) in [4.78, 5) is 38.1. The van der Waals surface area contributed by atoms with Gasteiger partial charge in [-0.1, -0.05) is 30.3 Å². The van der Waals surface area contributed by atoms with Gasteiger partial charge in [-0.15, -0.1) is 0 Å². The van der Waals surface area contributed by atoms with Crippen LogP contribution in [0.1, 0.15) is 24.3 Å². The Hall–Kier alpha value is -2.91. The number of alkyl halides is 6. The standard InChI is InChI=1S/C21H31N3O2.2C2HF3O2/c1-22(2)11-12-23-10-9-21(20(23)25)16-24(18-8-13-26-15-18)14-19(21)17-6-4-3-5-7-17;2*3-2(4,5)1(6)7/h3-7,18-19H,8-16H2,1-2H3;2*(H,6,7)/t18?,19-,21+;;/m0../s1. The van der Waals surface area contributed by atoms with Crippen LogP contribution in [0.5, 0.6) is 0 Å². The fourth-order valence-corrected chi connectivity index (χ4v) is 5.01. The predicted octanol–water partition coefficient (Wildman–Crippen LogP) is 2.92. The number of benzene rings is 1. The highest BCUT2D eigenvalue weighted by atomic mass is 19.4. The Morgan fingerprint density at radius 3 is 2.05 bits per heavy atom. The summed E-state index contributed by atoms with van der Waals surface area (Å²) in [5.74, 6) is -4.85. The third-order valence-corrected chi connectivity index (χ3v) is 7.04. The summed E-state index contributed by atoms with van der Waals surface area (Å²) >= 11 is 0. The van der Waals surface area contributed by atoms with Crippen LogP contribution in [0.2, 0.25) is 0 Å². The molecule has 1 spiro atoms. The van der Waals surface area contributed by atoms with Crippen molar-refractivity contribution in [1.29, 1.82) is 0 Å². The number of carbonyl (C=O) groups excluding carboxylic acids is 1. The van der Waals surface area contributed by atoms with Gasteiger partial charge < -0.3 is 24.7 Å². The van der Waals surface area contributed by atoms with Crippen molar-refractivity contribution in [2.75, 3.05) is 60.0 Å². The molecule has 3 aliphatic rings. The van der Waals surface area contributed by atoms with Crippen LogP contribution < -0.4 is 0 Å². The molecular weight excluding hydrogens is 552 g/mol. The second kappa shape index (κ2) is 13.6. The number of hydrogen-bond donors (Lipinski definition) is 2. The Bertz CT molecular complexity index is 977. The number of ether oxygens (including phenoxy) is 1. The van der Waals surface area contributed by atoms with Crippen molar-refractivity contribution >= 4 is 17.8 Å². The summed E-state index contributed by atoms with van der Waals surface area (Å²) in [5, 5.41) is 14.2. The SMILES string of the molecule is CN(C)CCN1CC[C@]2(CN(C3CCOC3)C[C@H]2c2ccccc2)C1=O.O=C(O)C(F)(F)F.O=C(O)C(F)(F)F. The van der Waals surface area contributed by atoms with Crippen LogP contribution >= 0.6 is 0 Å². The van der Waals surface area contributed by atoms with Crippen molar-refractivity contribution in [3.05, 3.63) is 35.9 Å². The van der Waals surface area contributed by atoms with Crippen molar-refractivity contribution in [2.45, 2.75) is 37.2 Å². The van der Waals surface area contributed by atoms with Crippen molar-refractivity contribution in [3.63, 3.8) is 0 Å². The number of carbonyl (C=O) groups is 3. The highest BCUT2D eigenvalue weighted by Gasteiger charge is 2.57. The largest absolute Gasteiger partial charge is 0.490 e. The molecule has 0 radical (unpaired) electrons. The van der Waals surface area contributed by atoms with Gasteiger partial charge in [0, 0.05) is 51.3 Å². The molecule has 0 saturated carbocycles. The molecule has 0 aromatic heterocycles. The Balaban J connectivity index is 0.000000333. The third-order valence-electron chi connectivity index (χ3n) is 7.04. The second-order valence-electron chi connectivity index (χ2n) is 10.0. The van der Waals surface area contributed by atoms with Gasteiger partial charge in [-0.2, -0.15) is 26.3 Å². The number of hydrogen-bond acceptors (Lipinski definition) is 6. The second-order valence-corrected chi connectivity index (χ2v) is 10.0. The zero-order chi connectivity index (χ0) is 30.3. The monoisotopic (exact) mass is 585 g/mol. The normalized spacial score (nSPS) is 25.0. The van der Waals surface area contributed by atoms with Crippen LogP contribution in [0, 0.1) is 5.41 Å². The Morgan fingerprint density at radius 2 is 1.60 bits per heavy atom. The number of likely N-dealkylation sites (tertiary alicyclic amines) is 2. The number of likely N-dealkylation sites (N-methyl/N-ethyl adjacent to an activating group) is 1. The number of amides is 1. The lowest BCUT2D eigenvalue weighted by Gasteiger charge is -2.30. The van der Waals surface area contributed by atoms with E-state index in [1.807, 2.05) is 0 Å². The molecule has 1 aromatic carbocycles. The van der Waals surface area contributed by atoms with Gasteiger partial charge in [-0.25, -0.2) is 9.59 Å². The maximum Gasteiger partial charge on any atom is 0.490 e. The van der Waals surface area contributed by atoms with E-state index in [2.05, 4.69) is 59.1 Å². The summed E-state index contributed by atoms with van der Waals surface area (Å²) in [6.45, 7) is 6.19. The van der Waals surface area contributed by atoms with E-state index in [0.29, 0.717) is 17.9 Å². The zero-order valence-corrected chi connectivity index (χ0v) is 22.0. The number of halogens is 6. The van der Waals surface area contributed by atoms with E-state index >= 15 is 0 Å². The van der Waals surface area contributed by atoms with E-state index in [1.54, 1.807) is 0 Å². The number of carboxylic acids is 2. The van der Waals surface area contributed by atoms with Crippen LogP contribution in [0.4, 0.5) is 26.3 Å². The fraction of sp³-hybridized carbons (Fsp3) is 0.640. The number of nitrogens with zero attached hydrogens (tertiary/aromatic N) is 3. The molecule has 3 heterocycles. The molecule has 3 aliphatic heterocycles. The number of carboxylic acid groups (broad SMARTS) is 2. The van der Waals surface area contributed by atoms with Gasteiger partial charge in [0.1, 0.15) is 0 Å². The minimum absolute atomic E-state index is 0.254.